The van der Waals surface area contributed by atoms with Gasteiger partial charge in [-0.15, -0.1) is 0 Å². The summed E-state index contributed by atoms with van der Waals surface area (Å²) in [5.41, 5.74) is 6.29. The normalized spacial score (nSPS) is 10.6. The van der Waals surface area contributed by atoms with Crippen LogP contribution in [0.4, 0.5) is 5.69 Å². The van der Waals surface area contributed by atoms with Gasteiger partial charge in [0.05, 0.1) is 5.69 Å². The number of anilines is 1. The number of nitrogens with zero attached hydrogens (tertiary/aromatic N) is 1. The number of nitrogens with one attached hydrogen (secondary N) is 2. The van der Waals surface area contributed by atoms with E-state index < -0.39 is 0 Å². The predicted octanol–water partition coefficient (Wildman–Crippen LogP) is 3.21. The summed E-state index contributed by atoms with van der Waals surface area (Å²) in [6, 6.07) is 6.07. The Morgan fingerprint density at radius 2 is 2.00 bits per heavy atom. The van der Waals surface area contributed by atoms with Crippen molar-refractivity contribution in [2.75, 3.05) is 5.32 Å². The second kappa shape index (κ2) is 5.90. The second-order valence-electron chi connectivity index (χ2n) is 5.28. The third kappa shape index (κ3) is 3.26. The smallest absolute Gasteiger partial charge is 0.224 e. The van der Waals surface area contributed by atoms with Crippen molar-refractivity contribution in [2.45, 2.75) is 40.5 Å². The molecule has 4 nitrogen and oxygen atoms in total. The van der Waals surface area contributed by atoms with Crippen molar-refractivity contribution in [3.05, 3.63) is 46.3 Å². The quantitative estimate of drug-likeness (QED) is 0.897. The summed E-state index contributed by atoms with van der Waals surface area (Å²) in [7, 11) is 0. The van der Waals surface area contributed by atoms with Crippen molar-refractivity contribution in [1.29, 1.82) is 0 Å². The largest absolute Gasteiger partial charge is 0.326 e. The fourth-order valence-electron chi connectivity index (χ4n) is 2.26. The van der Waals surface area contributed by atoms with E-state index in [2.05, 4.69) is 15.5 Å². The molecule has 1 heterocycles. The minimum Gasteiger partial charge on any atom is -0.326 e. The molecule has 2 aromatic rings. The third-order valence-electron chi connectivity index (χ3n) is 3.55. The first kappa shape index (κ1) is 14.3. The molecule has 1 aromatic carbocycles. The van der Waals surface area contributed by atoms with E-state index in [0.717, 1.165) is 33.8 Å². The van der Waals surface area contributed by atoms with Crippen molar-refractivity contribution >= 4 is 11.6 Å². The molecule has 0 aliphatic carbocycles. The standard InChI is InChI=1S/C16H21N3O/c1-10-5-6-11(2)15(9-10)17-16(20)8-7-14-12(3)18-19-13(14)4/h5-6,9H,7-8H2,1-4H3,(H,17,20)(H,18,19). The van der Waals surface area contributed by atoms with E-state index in [4.69, 9.17) is 0 Å². The number of amides is 1. The molecule has 106 valence electrons. The van der Waals surface area contributed by atoms with Crippen LogP contribution in [-0.4, -0.2) is 16.1 Å². The molecule has 2 N–H and O–H groups in total. The summed E-state index contributed by atoms with van der Waals surface area (Å²) in [4.78, 5) is 12.1. The fraction of sp³-hybridized carbons (Fsp3) is 0.375. The lowest BCUT2D eigenvalue weighted by Crippen LogP contribution is -2.13. The lowest BCUT2D eigenvalue weighted by molar-refractivity contribution is -0.116. The van der Waals surface area contributed by atoms with Gasteiger partial charge >= 0.3 is 0 Å². The van der Waals surface area contributed by atoms with Gasteiger partial charge in [0.2, 0.25) is 5.91 Å². The van der Waals surface area contributed by atoms with Crippen LogP contribution in [0.5, 0.6) is 0 Å². The molecule has 0 atom stereocenters. The number of rotatable bonds is 4. The van der Waals surface area contributed by atoms with Gasteiger partial charge in [0, 0.05) is 17.8 Å². The molecule has 0 saturated carbocycles. The summed E-state index contributed by atoms with van der Waals surface area (Å²) in [5.74, 6) is 0.0405. The maximum absolute atomic E-state index is 12.1. The first-order chi connectivity index (χ1) is 9.47. The Balaban J connectivity index is 1.98. The second-order valence-corrected chi connectivity index (χ2v) is 5.28. The first-order valence-electron chi connectivity index (χ1n) is 6.85. The van der Waals surface area contributed by atoms with Gasteiger partial charge in [0.15, 0.2) is 0 Å². The van der Waals surface area contributed by atoms with E-state index in [9.17, 15) is 4.79 Å². The van der Waals surface area contributed by atoms with Gasteiger partial charge in [0.25, 0.3) is 0 Å². The monoisotopic (exact) mass is 271 g/mol. The number of hydrogen-bond acceptors (Lipinski definition) is 2. The summed E-state index contributed by atoms with van der Waals surface area (Å²) in [6.07, 6.45) is 1.18. The number of benzene rings is 1. The number of carbonyl (C=O) groups excluding carboxylic acids is 1. The Morgan fingerprint density at radius 3 is 2.65 bits per heavy atom. The molecule has 0 radical (unpaired) electrons. The lowest BCUT2D eigenvalue weighted by atomic mass is 10.1. The zero-order valence-corrected chi connectivity index (χ0v) is 12.5. The lowest BCUT2D eigenvalue weighted by Gasteiger charge is -2.09. The van der Waals surface area contributed by atoms with Gasteiger partial charge in [-0.25, -0.2) is 0 Å². The van der Waals surface area contributed by atoms with E-state index >= 15 is 0 Å². The highest BCUT2D eigenvalue weighted by Gasteiger charge is 2.10. The molecular formula is C16H21N3O. The van der Waals surface area contributed by atoms with Crippen LogP contribution in [0, 0.1) is 27.7 Å². The van der Waals surface area contributed by atoms with Crippen LogP contribution >= 0.6 is 0 Å². The van der Waals surface area contributed by atoms with Crippen molar-refractivity contribution in [2.24, 2.45) is 0 Å². The zero-order valence-electron chi connectivity index (χ0n) is 12.5. The average molecular weight is 271 g/mol. The highest BCUT2D eigenvalue weighted by molar-refractivity contribution is 5.91. The Labute approximate surface area is 119 Å². The van der Waals surface area contributed by atoms with E-state index in [1.807, 2.05) is 45.9 Å². The number of H-pyrrole nitrogens is 1. The topological polar surface area (TPSA) is 57.8 Å². The fourth-order valence-corrected chi connectivity index (χ4v) is 2.26. The number of aryl methyl sites for hydroxylation is 4. The molecule has 0 saturated heterocycles. The molecule has 20 heavy (non-hydrogen) atoms. The van der Waals surface area contributed by atoms with Gasteiger partial charge in [-0.2, -0.15) is 5.10 Å². The molecule has 0 bridgehead atoms. The summed E-state index contributed by atoms with van der Waals surface area (Å²) >= 11 is 0. The van der Waals surface area contributed by atoms with Crippen LogP contribution in [0.25, 0.3) is 0 Å². The number of aromatic nitrogens is 2. The predicted molar refractivity (Wildman–Crippen MR) is 80.9 cm³/mol. The zero-order chi connectivity index (χ0) is 14.7. The molecule has 0 fully saturated rings. The van der Waals surface area contributed by atoms with Crippen molar-refractivity contribution < 1.29 is 4.79 Å². The molecule has 1 aromatic heterocycles. The number of hydrogen-bond donors (Lipinski definition) is 2. The van der Waals surface area contributed by atoms with Crippen molar-refractivity contribution in [3.63, 3.8) is 0 Å². The van der Waals surface area contributed by atoms with Crippen LogP contribution < -0.4 is 5.32 Å². The molecule has 0 aliphatic rings. The Hall–Kier alpha value is -2.10. The van der Waals surface area contributed by atoms with Crippen LogP contribution in [0.15, 0.2) is 18.2 Å². The van der Waals surface area contributed by atoms with Crippen molar-refractivity contribution in [1.82, 2.24) is 10.2 Å². The van der Waals surface area contributed by atoms with E-state index in [0.29, 0.717) is 12.8 Å². The summed E-state index contributed by atoms with van der Waals surface area (Å²) < 4.78 is 0. The first-order valence-corrected chi connectivity index (χ1v) is 6.85. The molecule has 1 amide bonds. The average Bonchev–Trinajstić information content (AvgIpc) is 2.71. The van der Waals surface area contributed by atoms with Gasteiger partial charge < -0.3 is 5.32 Å². The van der Waals surface area contributed by atoms with Gasteiger partial charge in [-0.3, -0.25) is 9.89 Å². The molecule has 0 unspecified atom stereocenters. The maximum atomic E-state index is 12.1. The molecule has 0 aliphatic heterocycles. The van der Waals surface area contributed by atoms with Crippen LogP contribution in [0.2, 0.25) is 0 Å². The molecular weight excluding hydrogens is 250 g/mol. The van der Waals surface area contributed by atoms with E-state index in [1.54, 1.807) is 0 Å². The minimum atomic E-state index is 0.0405. The molecule has 2 rings (SSSR count). The van der Waals surface area contributed by atoms with Gasteiger partial charge in [-0.05, 0) is 56.9 Å². The summed E-state index contributed by atoms with van der Waals surface area (Å²) in [5, 5.41) is 10.1. The molecule has 4 heteroatoms. The van der Waals surface area contributed by atoms with Gasteiger partial charge in [-0.1, -0.05) is 12.1 Å². The van der Waals surface area contributed by atoms with Crippen molar-refractivity contribution in [3.8, 4) is 0 Å². The Bertz CT molecular complexity index is 609. The molecule has 0 spiro atoms. The van der Waals surface area contributed by atoms with E-state index in [-0.39, 0.29) is 5.91 Å². The van der Waals surface area contributed by atoms with Crippen LogP contribution in [0.1, 0.15) is 34.5 Å². The SMILES string of the molecule is Cc1ccc(C)c(NC(=O)CCc2c(C)n[nH]c2C)c1. The minimum absolute atomic E-state index is 0.0405. The maximum Gasteiger partial charge on any atom is 0.224 e. The van der Waals surface area contributed by atoms with Crippen LogP contribution in [0.3, 0.4) is 0 Å². The highest BCUT2D eigenvalue weighted by Crippen LogP contribution is 2.17. The number of carbonyl (C=O) groups is 1. The summed E-state index contributed by atoms with van der Waals surface area (Å²) in [6.45, 7) is 7.96. The highest BCUT2D eigenvalue weighted by atomic mass is 16.1. The third-order valence-corrected chi connectivity index (χ3v) is 3.55. The number of aromatic amines is 1. The Kier molecular flexibility index (Phi) is 4.23. The van der Waals surface area contributed by atoms with E-state index in [1.165, 1.54) is 0 Å². The van der Waals surface area contributed by atoms with Crippen LogP contribution in [-0.2, 0) is 11.2 Å². The Morgan fingerprint density at radius 1 is 1.25 bits per heavy atom. The van der Waals surface area contributed by atoms with Gasteiger partial charge in [0.1, 0.15) is 0 Å².